The van der Waals surface area contributed by atoms with E-state index >= 15 is 0 Å². The van der Waals surface area contributed by atoms with Crippen molar-refractivity contribution in [3.05, 3.63) is 23.4 Å². The minimum Gasteiger partial charge on any atom is -0.416 e. The van der Waals surface area contributed by atoms with Crippen molar-refractivity contribution >= 4 is 9.76 Å². The molecule has 2 heteroatoms. The van der Waals surface area contributed by atoms with Gasteiger partial charge in [0.25, 0.3) is 0 Å². The van der Waals surface area contributed by atoms with E-state index in [1.165, 1.54) is 0 Å². The van der Waals surface area contributed by atoms with Crippen molar-refractivity contribution < 1.29 is 4.43 Å². The summed E-state index contributed by atoms with van der Waals surface area (Å²) in [6.45, 7) is 4.40. The van der Waals surface area contributed by atoms with Crippen LogP contribution in [0.3, 0.4) is 0 Å². The number of allylic oxidation sites excluding steroid dienone is 4. The van der Waals surface area contributed by atoms with Gasteiger partial charge in [-0.15, -0.1) is 0 Å². The molecule has 0 heterocycles. The summed E-state index contributed by atoms with van der Waals surface area (Å²) in [6.07, 6.45) is 10.5. The number of hydrogen-bond donors (Lipinski definition) is 0. The monoisotopic (exact) mass is 182 g/mol. The minimum atomic E-state index is -0.383. The molecule has 0 unspecified atom stereocenters. The molecule has 1 aliphatic rings. The van der Waals surface area contributed by atoms with E-state index in [0.29, 0.717) is 6.10 Å². The van der Waals surface area contributed by atoms with Crippen LogP contribution in [0.5, 0.6) is 0 Å². The molecule has 0 spiro atoms. The highest BCUT2D eigenvalue weighted by atomic mass is 28.2. The maximum Gasteiger partial charge on any atom is 0.189 e. The smallest absolute Gasteiger partial charge is 0.189 e. The van der Waals surface area contributed by atoms with Crippen molar-refractivity contribution in [2.45, 2.75) is 39.2 Å². The van der Waals surface area contributed by atoms with Gasteiger partial charge in [-0.1, -0.05) is 37.3 Å². The van der Waals surface area contributed by atoms with E-state index in [9.17, 15) is 0 Å². The fourth-order valence-corrected chi connectivity index (χ4v) is 2.79. The molecule has 1 aliphatic carbocycles. The first-order chi connectivity index (χ1) is 5.86. The molecule has 0 aromatic heterocycles. The van der Waals surface area contributed by atoms with Gasteiger partial charge in [-0.05, 0) is 19.3 Å². The second kappa shape index (κ2) is 5.33. The van der Waals surface area contributed by atoms with E-state index in [4.69, 9.17) is 4.43 Å². The molecular weight excluding hydrogens is 164 g/mol. The second-order valence-corrected chi connectivity index (χ2v) is 4.74. The van der Waals surface area contributed by atoms with Gasteiger partial charge in [0.15, 0.2) is 9.76 Å². The molecule has 0 fully saturated rings. The molecule has 0 aromatic carbocycles. The van der Waals surface area contributed by atoms with Crippen molar-refractivity contribution in [1.82, 2.24) is 0 Å². The van der Waals surface area contributed by atoms with Gasteiger partial charge in [0.2, 0.25) is 0 Å². The normalized spacial score (nSPS) is 16.8. The van der Waals surface area contributed by atoms with Crippen LogP contribution in [0, 0.1) is 0 Å². The van der Waals surface area contributed by atoms with Gasteiger partial charge >= 0.3 is 0 Å². The predicted molar refractivity (Wildman–Crippen MR) is 55.8 cm³/mol. The van der Waals surface area contributed by atoms with Crippen LogP contribution in [0.1, 0.15) is 33.1 Å². The molecule has 1 rings (SSSR count). The van der Waals surface area contributed by atoms with E-state index in [0.717, 1.165) is 19.3 Å². The third kappa shape index (κ3) is 2.95. The molecule has 12 heavy (non-hydrogen) atoms. The summed E-state index contributed by atoms with van der Waals surface area (Å²) in [4.78, 5) is 0. The highest BCUT2D eigenvalue weighted by Crippen LogP contribution is 2.11. The average Bonchev–Trinajstić information content (AvgIpc) is 2.59. The number of hydrogen-bond acceptors (Lipinski definition) is 1. The van der Waals surface area contributed by atoms with Crippen LogP contribution in [-0.2, 0) is 4.43 Å². The Morgan fingerprint density at radius 2 is 2.25 bits per heavy atom. The lowest BCUT2D eigenvalue weighted by Gasteiger charge is -2.14. The summed E-state index contributed by atoms with van der Waals surface area (Å²) < 4.78 is 5.85. The van der Waals surface area contributed by atoms with E-state index in [1.807, 2.05) is 0 Å². The third-order valence-electron chi connectivity index (χ3n) is 2.26. The maximum absolute atomic E-state index is 5.85. The van der Waals surface area contributed by atoms with Crippen molar-refractivity contribution in [2.24, 2.45) is 0 Å². The van der Waals surface area contributed by atoms with Gasteiger partial charge in [-0.2, -0.15) is 0 Å². The largest absolute Gasteiger partial charge is 0.416 e. The van der Waals surface area contributed by atoms with Gasteiger partial charge in [0.05, 0.1) is 0 Å². The van der Waals surface area contributed by atoms with Crippen LogP contribution in [0.4, 0.5) is 0 Å². The van der Waals surface area contributed by atoms with Crippen molar-refractivity contribution in [2.75, 3.05) is 0 Å². The second-order valence-electron chi connectivity index (χ2n) is 3.21. The Morgan fingerprint density at radius 3 is 2.75 bits per heavy atom. The Balaban J connectivity index is 2.16. The highest BCUT2D eigenvalue weighted by Gasteiger charge is 2.05. The zero-order valence-electron chi connectivity index (χ0n) is 8.05. The molecule has 68 valence electrons. The quantitative estimate of drug-likeness (QED) is 0.592. The van der Waals surface area contributed by atoms with Crippen LogP contribution < -0.4 is 0 Å². The zero-order chi connectivity index (χ0) is 8.81. The molecule has 0 aliphatic heterocycles. The zero-order valence-corrected chi connectivity index (χ0v) is 9.46. The van der Waals surface area contributed by atoms with Crippen LogP contribution in [0.15, 0.2) is 23.4 Å². The Labute approximate surface area is 77.4 Å². The Kier molecular flexibility index (Phi) is 4.33. The fraction of sp³-hybridized carbons (Fsp3) is 0.600. The first-order valence-electron chi connectivity index (χ1n) is 4.83. The van der Waals surface area contributed by atoms with Crippen LogP contribution in [-0.4, -0.2) is 15.9 Å². The van der Waals surface area contributed by atoms with Crippen molar-refractivity contribution in [1.29, 1.82) is 0 Å². The molecule has 0 radical (unpaired) electrons. The summed E-state index contributed by atoms with van der Waals surface area (Å²) in [5.74, 6) is 0. The van der Waals surface area contributed by atoms with Crippen molar-refractivity contribution in [3.63, 3.8) is 0 Å². The van der Waals surface area contributed by atoms with Crippen LogP contribution >= 0.6 is 0 Å². The molecule has 0 aromatic rings. The Bertz CT molecular complexity index is 180. The SMILES string of the molecule is CCC(CC)O[SiH2]C1=CC=CC1. The Hall–Kier alpha value is -0.343. The van der Waals surface area contributed by atoms with Gasteiger partial charge in [0.1, 0.15) is 0 Å². The molecule has 0 saturated heterocycles. The van der Waals surface area contributed by atoms with E-state index in [2.05, 4.69) is 32.1 Å². The van der Waals surface area contributed by atoms with Crippen LogP contribution in [0.25, 0.3) is 0 Å². The molecule has 0 bridgehead atoms. The number of rotatable bonds is 5. The summed E-state index contributed by atoms with van der Waals surface area (Å²) >= 11 is 0. The Morgan fingerprint density at radius 1 is 1.50 bits per heavy atom. The molecule has 0 saturated carbocycles. The van der Waals surface area contributed by atoms with Gasteiger partial charge in [-0.3, -0.25) is 0 Å². The van der Waals surface area contributed by atoms with Gasteiger partial charge in [-0.25, -0.2) is 0 Å². The minimum absolute atomic E-state index is 0.383. The standard InChI is InChI=1S/C10H18OSi/c1-3-9(4-2)11-12-10-7-5-6-8-10/h5-7,9H,3-4,8,12H2,1-2H3. The van der Waals surface area contributed by atoms with Crippen molar-refractivity contribution in [3.8, 4) is 0 Å². The van der Waals surface area contributed by atoms with E-state index in [-0.39, 0.29) is 9.76 Å². The molecule has 1 nitrogen and oxygen atoms in total. The third-order valence-corrected chi connectivity index (χ3v) is 3.80. The van der Waals surface area contributed by atoms with E-state index in [1.54, 1.807) is 5.20 Å². The van der Waals surface area contributed by atoms with Gasteiger partial charge < -0.3 is 4.43 Å². The molecule has 0 atom stereocenters. The van der Waals surface area contributed by atoms with Gasteiger partial charge in [0, 0.05) is 6.10 Å². The summed E-state index contributed by atoms with van der Waals surface area (Å²) in [6, 6.07) is 0. The lowest BCUT2D eigenvalue weighted by Crippen LogP contribution is -2.14. The summed E-state index contributed by atoms with van der Waals surface area (Å²) in [5.41, 5.74) is 0. The first-order valence-corrected chi connectivity index (χ1v) is 6.11. The predicted octanol–water partition coefficient (Wildman–Crippen LogP) is 2.12. The topological polar surface area (TPSA) is 9.23 Å². The van der Waals surface area contributed by atoms with Crippen LogP contribution in [0.2, 0.25) is 0 Å². The summed E-state index contributed by atoms with van der Waals surface area (Å²) in [7, 11) is -0.383. The fourth-order valence-electron chi connectivity index (χ4n) is 1.35. The first kappa shape index (κ1) is 9.74. The molecular formula is C10H18OSi. The average molecular weight is 182 g/mol. The summed E-state index contributed by atoms with van der Waals surface area (Å²) in [5, 5.41) is 1.54. The van der Waals surface area contributed by atoms with E-state index < -0.39 is 0 Å². The molecule has 0 amide bonds. The maximum atomic E-state index is 5.85. The lowest BCUT2D eigenvalue weighted by molar-refractivity contribution is 0.205. The highest BCUT2D eigenvalue weighted by molar-refractivity contribution is 6.38. The lowest BCUT2D eigenvalue weighted by atomic mass is 10.2. The molecule has 0 N–H and O–H groups in total.